The molecule has 0 aromatic heterocycles. The first-order chi connectivity index (χ1) is 9.39. The van der Waals surface area contributed by atoms with Crippen LogP contribution in [0.15, 0.2) is 18.2 Å². The molecule has 2 aliphatic rings. The number of hydrogen-bond donors (Lipinski definition) is 1. The highest BCUT2D eigenvalue weighted by Gasteiger charge is 2.33. The molecule has 5 heteroatoms. The Morgan fingerprint density at radius 3 is 2.85 bits per heavy atom. The van der Waals surface area contributed by atoms with Crippen LogP contribution in [-0.4, -0.2) is 36.5 Å². The van der Waals surface area contributed by atoms with Crippen molar-refractivity contribution >= 4 is 29.0 Å². The normalized spacial score (nSPS) is 25.0. The van der Waals surface area contributed by atoms with Gasteiger partial charge in [0.05, 0.1) is 5.69 Å². The van der Waals surface area contributed by atoms with Crippen LogP contribution in [0.4, 0.5) is 11.4 Å². The second-order valence-electron chi connectivity index (χ2n) is 6.15. The molecule has 2 heterocycles. The lowest BCUT2D eigenvalue weighted by molar-refractivity contribution is -0.118. The summed E-state index contributed by atoms with van der Waals surface area (Å²) in [5.41, 5.74) is 9.02. The first kappa shape index (κ1) is 13.8. The molecule has 1 amide bonds. The van der Waals surface area contributed by atoms with E-state index in [1.807, 2.05) is 17.8 Å². The third kappa shape index (κ3) is 2.19. The lowest BCUT2D eigenvalue weighted by atomic mass is 10.1. The molecule has 1 aromatic rings. The zero-order valence-electron chi connectivity index (χ0n) is 12.2. The maximum absolute atomic E-state index is 11.9. The first-order valence-electron chi connectivity index (χ1n) is 6.95. The molecule has 0 saturated carbocycles. The Kier molecular flexibility index (Phi) is 3.21. The molecule has 20 heavy (non-hydrogen) atoms. The number of fused-ring (bicyclic) bond motifs is 1. The van der Waals surface area contributed by atoms with E-state index in [0.29, 0.717) is 0 Å². The highest BCUT2D eigenvalue weighted by Crippen LogP contribution is 2.38. The third-order valence-corrected chi connectivity index (χ3v) is 5.40. The first-order valence-corrected chi connectivity index (χ1v) is 7.94. The number of likely N-dealkylation sites (N-methyl/N-ethyl adjacent to an activating group) is 1. The molecule has 1 aromatic carbocycles. The molecule has 0 aliphatic carbocycles. The number of carbonyl (C=O) groups excluding carboxylic acids is 1. The van der Waals surface area contributed by atoms with Gasteiger partial charge in [-0.25, -0.2) is 0 Å². The SMILES string of the molecule is CN1C(=O)C(N)c2ccc(N3CCSC(C)(C)C3)cc21. The standard InChI is InChI=1S/C15H21N3OS/c1-15(2)9-18(6-7-20-15)10-4-5-11-12(8-10)17(3)14(19)13(11)16/h4-5,8,13H,6-7,9,16H2,1-3H3. The number of nitrogens with zero attached hydrogens (tertiary/aromatic N) is 2. The van der Waals surface area contributed by atoms with Crippen LogP contribution >= 0.6 is 11.8 Å². The summed E-state index contributed by atoms with van der Waals surface area (Å²) in [5.74, 6) is 1.12. The van der Waals surface area contributed by atoms with E-state index in [1.165, 1.54) is 5.69 Å². The van der Waals surface area contributed by atoms with Crippen molar-refractivity contribution in [1.82, 2.24) is 0 Å². The van der Waals surface area contributed by atoms with E-state index in [2.05, 4.69) is 30.9 Å². The van der Waals surface area contributed by atoms with Crippen LogP contribution in [0.1, 0.15) is 25.5 Å². The molecule has 1 unspecified atom stereocenters. The molecule has 108 valence electrons. The van der Waals surface area contributed by atoms with Crippen LogP contribution in [0.2, 0.25) is 0 Å². The summed E-state index contributed by atoms with van der Waals surface area (Å²) in [6, 6.07) is 5.70. The van der Waals surface area contributed by atoms with Gasteiger partial charge in [0.1, 0.15) is 6.04 Å². The Balaban J connectivity index is 1.92. The molecule has 1 fully saturated rings. The predicted octanol–water partition coefficient (Wildman–Crippen LogP) is 1.99. The molecule has 4 nitrogen and oxygen atoms in total. The van der Waals surface area contributed by atoms with Crippen molar-refractivity contribution in [1.29, 1.82) is 0 Å². The molecule has 1 atom stereocenters. The second-order valence-corrected chi connectivity index (χ2v) is 7.95. The Hall–Kier alpha value is -1.20. The van der Waals surface area contributed by atoms with Crippen molar-refractivity contribution in [3.63, 3.8) is 0 Å². The lowest BCUT2D eigenvalue weighted by Gasteiger charge is -2.39. The van der Waals surface area contributed by atoms with Crippen molar-refractivity contribution < 1.29 is 4.79 Å². The Bertz CT molecular complexity index is 558. The summed E-state index contributed by atoms with van der Waals surface area (Å²) in [6.45, 7) is 6.64. The van der Waals surface area contributed by atoms with Crippen LogP contribution < -0.4 is 15.5 Å². The summed E-state index contributed by atoms with van der Waals surface area (Å²) in [7, 11) is 1.80. The van der Waals surface area contributed by atoms with Crippen LogP contribution in [0.3, 0.4) is 0 Å². The van der Waals surface area contributed by atoms with Gasteiger partial charge in [0, 0.05) is 41.9 Å². The fourth-order valence-corrected chi connectivity index (χ4v) is 4.09. The van der Waals surface area contributed by atoms with Crippen molar-refractivity contribution in [2.45, 2.75) is 24.6 Å². The maximum Gasteiger partial charge on any atom is 0.248 e. The van der Waals surface area contributed by atoms with Gasteiger partial charge in [-0.3, -0.25) is 4.79 Å². The minimum absolute atomic E-state index is 0.0216. The zero-order chi connectivity index (χ0) is 14.5. The predicted molar refractivity (Wildman–Crippen MR) is 85.5 cm³/mol. The van der Waals surface area contributed by atoms with E-state index in [4.69, 9.17) is 5.73 Å². The summed E-state index contributed by atoms with van der Waals surface area (Å²) in [5, 5.41) is 0. The monoisotopic (exact) mass is 291 g/mol. The van der Waals surface area contributed by atoms with Gasteiger partial charge in [-0.2, -0.15) is 11.8 Å². The van der Waals surface area contributed by atoms with Gasteiger partial charge in [0.25, 0.3) is 0 Å². The van der Waals surface area contributed by atoms with E-state index >= 15 is 0 Å². The number of nitrogens with two attached hydrogens (primary N) is 1. The Morgan fingerprint density at radius 1 is 1.40 bits per heavy atom. The fraction of sp³-hybridized carbons (Fsp3) is 0.533. The summed E-state index contributed by atoms with van der Waals surface area (Å²) in [4.78, 5) is 16.0. The average Bonchev–Trinajstić information content (AvgIpc) is 2.62. The number of amides is 1. The van der Waals surface area contributed by atoms with Gasteiger partial charge in [-0.05, 0) is 26.0 Å². The highest BCUT2D eigenvalue weighted by molar-refractivity contribution is 8.00. The number of rotatable bonds is 1. The van der Waals surface area contributed by atoms with Crippen molar-refractivity contribution in [3.05, 3.63) is 23.8 Å². The topological polar surface area (TPSA) is 49.6 Å². The van der Waals surface area contributed by atoms with Crippen LogP contribution in [0.25, 0.3) is 0 Å². The minimum Gasteiger partial charge on any atom is -0.369 e. The molecular weight excluding hydrogens is 270 g/mol. The average molecular weight is 291 g/mol. The maximum atomic E-state index is 11.9. The third-order valence-electron chi connectivity index (χ3n) is 4.10. The minimum atomic E-state index is -0.502. The molecule has 3 rings (SSSR count). The molecule has 1 saturated heterocycles. The smallest absolute Gasteiger partial charge is 0.248 e. The lowest BCUT2D eigenvalue weighted by Crippen LogP contribution is -2.43. The summed E-state index contributed by atoms with van der Waals surface area (Å²) >= 11 is 2.02. The molecule has 0 radical (unpaired) electrons. The van der Waals surface area contributed by atoms with Crippen LogP contribution in [0.5, 0.6) is 0 Å². The molecule has 0 spiro atoms. The number of anilines is 2. The molecular formula is C15H21N3OS. The van der Waals surface area contributed by atoms with Crippen molar-refractivity contribution in [3.8, 4) is 0 Å². The van der Waals surface area contributed by atoms with E-state index in [0.717, 1.165) is 30.1 Å². The summed E-state index contributed by atoms with van der Waals surface area (Å²) in [6.07, 6.45) is 0. The van der Waals surface area contributed by atoms with Crippen molar-refractivity contribution in [2.75, 3.05) is 35.7 Å². The molecule has 2 N–H and O–H groups in total. The van der Waals surface area contributed by atoms with Gasteiger partial charge in [-0.15, -0.1) is 0 Å². The number of carbonyl (C=O) groups is 1. The molecule has 2 aliphatic heterocycles. The summed E-state index contributed by atoms with van der Waals surface area (Å²) < 4.78 is 0.273. The molecule has 0 bridgehead atoms. The number of benzene rings is 1. The van der Waals surface area contributed by atoms with Crippen molar-refractivity contribution in [2.24, 2.45) is 5.73 Å². The Morgan fingerprint density at radius 2 is 2.15 bits per heavy atom. The van der Waals surface area contributed by atoms with E-state index < -0.39 is 6.04 Å². The Labute approximate surface area is 124 Å². The van der Waals surface area contributed by atoms with Gasteiger partial charge in [0.15, 0.2) is 0 Å². The zero-order valence-corrected chi connectivity index (χ0v) is 13.0. The van der Waals surface area contributed by atoms with E-state index in [1.54, 1.807) is 11.9 Å². The quantitative estimate of drug-likeness (QED) is 0.860. The van der Waals surface area contributed by atoms with E-state index in [9.17, 15) is 4.79 Å². The van der Waals surface area contributed by atoms with Crippen LogP contribution in [0, 0.1) is 0 Å². The van der Waals surface area contributed by atoms with Gasteiger partial charge in [-0.1, -0.05) is 6.07 Å². The van der Waals surface area contributed by atoms with Gasteiger partial charge >= 0.3 is 0 Å². The fourth-order valence-electron chi connectivity index (χ4n) is 2.98. The van der Waals surface area contributed by atoms with Crippen LogP contribution in [-0.2, 0) is 4.79 Å². The van der Waals surface area contributed by atoms with Gasteiger partial charge in [0.2, 0.25) is 5.91 Å². The second kappa shape index (κ2) is 4.67. The van der Waals surface area contributed by atoms with Gasteiger partial charge < -0.3 is 15.5 Å². The number of hydrogen-bond acceptors (Lipinski definition) is 4. The number of thioether (sulfide) groups is 1. The van der Waals surface area contributed by atoms with E-state index in [-0.39, 0.29) is 10.7 Å². The highest BCUT2D eigenvalue weighted by atomic mass is 32.2. The largest absolute Gasteiger partial charge is 0.369 e.